The number of nitrogens with zero attached hydrogens (tertiary/aromatic N) is 1. The molecule has 0 spiro atoms. The van der Waals surface area contributed by atoms with E-state index < -0.39 is 0 Å². The molecule has 1 heterocycles. The molecule has 2 aromatic rings. The second-order valence-corrected chi connectivity index (χ2v) is 5.44. The Bertz CT molecular complexity index is 539. The summed E-state index contributed by atoms with van der Waals surface area (Å²) in [5, 5.41) is 5.85. The molecule has 1 aromatic heterocycles. The molecule has 0 amide bonds. The number of thiazole rings is 1. The Balaban J connectivity index is 1.70. The molecule has 2 rings (SSSR count). The summed E-state index contributed by atoms with van der Waals surface area (Å²) in [5.74, 6) is -0.148. The Morgan fingerprint density at radius 1 is 1.42 bits per heavy atom. The predicted molar refractivity (Wildman–Crippen MR) is 77.7 cm³/mol. The maximum Gasteiger partial charge on any atom is 0.180 e. The number of aromatic nitrogens is 1. The smallest absolute Gasteiger partial charge is 0.180 e. The number of halogens is 1. The number of nitrogens with two attached hydrogens (primary N) is 1. The van der Waals surface area contributed by atoms with Crippen LogP contribution in [0.25, 0.3) is 0 Å². The highest BCUT2D eigenvalue weighted by Crippen LogP contribution is 2.12. The molecule has 3 nitrogen and oxygen atoms in total. The summed E-state index contributed by atoms with van der Waals surface area (Å²) >= 11 is 1.47. The number of rotatable bonds is 6. The van der Waals surface area contributed by atoms with E-state index in [9.17, 15) is 4.39 Å². The van der Waals surface area contributed by atoms with Crippen molar-refractivity contribution >= 4 is 16.5 Å². The number of aryl methyl sites for hydroxylation is 2. The number of benzene rings is 1. The molecule has 0 saturated carbocycles. The van der Waals surface area contributed by atoms with Crippen molar-refractivity contribution in [1.29, 1.82) is 0 Å². The van der Waals surface area contributed by atoms with Gasteiger partial charge in [0.15, 0.2) is 5.13 Å². The van der Waals surface area contributed by atoms with Crippen LogP contribution in [0.2, 0.25) is 0 Å². The Morgan fingerprint density at radius 2 is 2.26 bits per heavy atom. The van der Waals surface area contributed by atoms with E-state index in [0.29, 0.717) is 11.7 Å². The third kappa shape index (κ3) is 4.29. The number of hydrogen-bond acceptors (Lipinski definition) is 4. The van der Waals surface area contributed by atoms with Crippen LogP contribution in [-0.2, 0) is 13.0 Å². The van der Waals surface area contributed by atoms with E-state index in [-0.39, 0.29) is 5.82 Å². The quantitative estimate of drug-likeness (QED) is 0.799. The summed E-state index contributed by atoms with van der Waals surface area (Å²) in [6.07, 6.45) is 1.87. The summed E-state index contributed by atoms with van der Waals surface area (Å²) in [5.41, 5.74) is 8.40. The normalized spacial score (nSPS) is 10.8. The molecule has 0 bridgehead atoms. The van der Waals surface area contributed by atoms with E-state index in [1.807, 2.05) is 18.4 Å². The topological polar surface area (TPSA) is 50.9 Å². The van der Waals surface area contributed by atoms with Crippen molar-refractivity contribution in [1.82, 2.24) is 10.3 Å². The molecule has 5 heteroatoms. The molecule has 0 aliphatic carbocycles. The number of nitrogens with one attached hydrogen (secondary N) is 1. The van der Waals surface area contributed by atoms with Gasteiger partial charge < -0.3 is 11.1 Å². The van der Waals surface area contributed by atoms with Crippen LogP contribution < -0.4 is 11.1 Å². The van der Waals surface area contributed by atoms with Crippen LogP contribution >= 0.6 is 11.3 Å². The predicted octanol–water partition coefficient (Wildman–Crippen LogP) is 2.90. The molecular weight excluding hydrogens is 261 g/mol. The van der Waals surface area contributed by atoms with Gasteiger partial charge in [-0.05, 0) is 32.4 Å². The molecule has 102 valence electrons. The molecule has 3 N–H and O–H groups in total. The van der Waals surface area contributed by atoms with Gasteiger partial charge in [0.05, 0.1) is 5.69 Å². The minimum absolute atomic E-state index is 0.148. The summed E-state index contributed by atoms with van der Waals surface area (Å²) in [7, 11) is 0. The average Bonchev–Trinajstić information content (AvgIpc) is 2.79. The Hall–Kier alpha value is -1.46. The highest BCUT2D eigenvalue weighted by molar-refractivity contribution is 7.13. The van der Waals surface area contributed by atoms with Crippen molar-refractivity contribution in [3.05, 3.63) is 46.2 Å². The van der Waals surface area contributed by atoms with Crippen molar-refractivity contribution in [2.24, 2.45) is 0 Å². The highest BCUT2D eigenvalue weighted by atomic mass is 32.1. The maximum absolute atomic E-state index is 13.5. The molecule has 0 fully saturated rings. The second-order valence-electron chi connectivity index (χ2n) is 4.55. The van der Waals surface area contributed by atoms with Gasteiger partial charge in [0.2, 0.25) is 0 Å². The molecule has 0 aliphatic heterocycles. The van der Waals surface area contributed by atoms with Gasteiger partial charge in [0.25, 0.3) is 0 Å². The van der Waals surface area contributed by atoms with E-state index in [1.54, 1.807) is 6.07 Å². The third-order valence-electron chi connectivity index (χ3n) is 2.87. The molecule has 1 aromatic carbocycles. The van der Waals surface area contributed by atoms with Gasteiger partial charge in [-0.25, -0.2) is 9.37 Å². The van der Waals surface area contributed by atoms with Crippen LogP contribution in [0.1, 0.15) is 23.2 Å². The van der Waals surface area contributed by atoms with E-state index in [4.69, 9.17) is 5.73 Å². The lowest BCUT2D eigenvalue weighted by Gasteiger charge is -2.06. The maximum atomic E-state index is 13.5. The first-order chi connectivity index (χ1) is 9.15. The van der Waals surface area contributed by atoms with Crippen molar-refractivity contribution in [2.75, 3.05) is 12.3 Å². The van der Waals surface area contributed by atoms with E-state index >= 15 is 0 Å². The number of nitrogen functional groups attached to an aromatic ring is 1. The Labute approximate surface area is 116 Å². The zero-order chi connectivity index (χ0) is 13.7. The van der Waals surface area contributed by atoms with E-state index in [2.05, 4.69) is 10.3 Å². The van der Waals surface area contributed by atoms with Crippen LogP contribution in [0, 0.1) is 12.7 Å². The lowest BCUT2D eigenvalue weighted by Crippen LogP contribution is -2.16. The van der Waals surface area contributed by atoms with E-state index in [1.165, 1.54) is 17.4 Å². The van der Waals surface area contributed by atoms with Gasteiger partial charge in [-0.1, -0.05) is 17.7 Å². The summed E-state index contributed by atoms with van der Waals surface area (Å²) < 4.78 is 13.5. The van der Waals surface area contributed by atoms with Gasteiger partial charge in [0.1, 0.15) is 5.82 Å². The zero-order valence-corrected chi connectivity index (χ0v) is 11.8. The van der Waals surface area contributed by atoms with Crippen LogP contribution in [0.4, 0.5) is 9.52 Å². The Morgan fingerprint density at radius 3 is 3.00 bits per heavy atom. The summed E-state index contributed by atoms with van der Waals surface area (Å²) in [6.45, 7) is 3.37. The standard InChI is InChI=1S/C14H18FN3S/c1-10-4-5-13(15)11(7-10)8-17-6-2-3-12-9-19-14(16)18-12/h4-5,7,9,17H,2-3,6,8H2,1H3,(H2,16,18). The van der Waals surface area contributed by atoms with Gasteiger partial charge in [0, 0.05) is 17.5 Å². The molecule has 0 radical (unpaired) electrons. The first kappa shape index (κ1) is 14.0. The SMILES string of the molecule is Cc1ccc(F)c(CNCCCc2csc(N)n2)c1. The van der Waals surface area contributed by atoms with Crippen LogP contribution in [-0.4, -0.2) is 11.5 Å². The average molecular weight is 279 g/mol. The first-order valence-electron chi connectivity index (χ1n) is 6.31. The zero-order valence-electron chi connectivity index (χ0n) is 10.9. The van der Waals surface area contributed by atoms with Gasteiger partial charge >= 0.3 is 0 Å². The van der Waals surface area contributed by atoms with E-state index in [0.717, 1.165) is 36.2 Å². The van der Waals surface area contributed by atoms with Gasteiger partial charge in [-0.2, -0.15) is 0 Å². The van der Waals surface area contributed by atoms with Crippen molar-refractivity contribution in [3.8, 4) is 0 Å². The first-order valence-corrected chi connectivity index (χ1v) is 7.19. The fourth-order valence-corrected chi connectivity index (χ4v) is 2.49. The number of hydrogen-bond donors (Lipinski definition) is 2. The molecule has 19 heavy (non-hydrogen) atoms. The lowest BCUT2D eigenvalue weighted by molar-refractivity contribution is 0.580. The molecular formula is C14H18FN3S. The highest BCUT2D eigenvalue weighted by Gasteiger charge is 2.02. The minimum atomic E-state index is -0.148. The van der Waals surface area contributed by atoms with Crippen LogP contribution in [0.15, 0.2) is 23.6 Å². The summed E-state index contributed by atoms with van der Waals surface area (Å²) in [6, 6.07) is 5.18. The lowest BCUT2D eigenvalue weighted by atomic mass is 10.1. The van der Waals surface area contributed by atoms with Crippen LogP contribution in [0.3, 0.4) is 0 Å². The Kier molecular flexibility index (Phi) is 4.87. The van der Waals surface area contributed by atoms with Crippen molar-refractivity contribution < 1.29 is 4.39 Å². The monoisotopic (exact) mass is 279 g/mol. The fraction of sp³-hybridized carbons (Fsp3) is 0.357. The molecule has 0 unspecified atom stereocenters. The van der Waals surface area contributed by atoms with Crippen LogP contribution in [0.5, 0.6) is 0 Å². The largest absolute Gasteiger partial charge is 0.375 e. The number of anilines is 1. The molecule has 0 saturated heterocycles. The minimum Gasteiger partial charge on any atom is -0.375 e. The second kappa shape index (κ2) is 6.63. The summed E-state index contributed by atoms with van der Waals surface area (Å²) in [4.78, 5) is 4.20. The fourth-order valence-electron chi connectivity index (χ4n) is 1.89. The van der Waals surface area contributed by atoms with Crippen molar-refractivity contribution in [2.45, 2.75) is 26.3 Å². The molecule has 0 aliphatic rings. The molecule has 0 atom stereocenters. The van der Waals surface area contributed by atoms with Crippen molar-refractivity contribution in [3.63, 3.8) is 0 Å². The van der Waals surface area contributed by atoms with Gasteiger partial charge in [-0.3, -0.25) is 0 Å². The van der Waals surface area contributed by atoms with Gasteiger partial charge in [-0.15, -0.1) is 11.3 Å². The third-order valence-corrected chi connectivity index (χ3v) is 3.60.